The average molecular weight is 382 g/mol. The maximum atomic E-state index is 9.76. The lowest BCUT2D eigenvalue weighted by atomic mass is 10.0. The molecule has 2 aromatic heterocycles. The van der Waals surface area contributed by atoms with Gasteiger partial charge in [0.2, 0.25) is 12.6 Å². The van der Waals surface area contributed by atoms with E-state index >= 15 is 0 Å². The topological polar surface area (TPSA) is 74.2 Å². The fraction of sp³-hybridized carbons (Fsp3) is 0.364. The van der Waals surface area contributed by atoms with Crippen molar-refractivity contribution >= 4 is 21.9 Å². The Balaban J connectivity index is 2.13. The molecule has 2 heterocycles. The van der Waals surface area contributed by atoms with Gasteiger partial charge in [-0.1, -0.05) is 11.8 Å². The smallest absolute Gasteiger partial charge is 0.222 e. The van der Waals surface area contributed by atoms with Gasteiger partial charge in [-0.3, -0.25) is 0 Å². The average Bonchev–Trinajstić information content (AvgIpc) is 3.34. The normalized spacial score (nSPS) is 12.0. The van der Waals surface area contributed by atoms with E-state index in [0.717, 1.165) is 10.8 Å². The zero-order valence-electron chi connectivity index (χ0n) is 16.1. The van der Waals surface area contributed by atoms with Crippen molar-refractivity contribution in [2.24, 2.45) is 0 Å². The number of hydrogen-bond acceptors (Lipinski definition) is 6. The van der Waals surface area contributed by atoms with Crippen molar-refractivity contribution in [1.82, 2.24) is 0 Å². The summed E-state index contributed by atoms with van der Waals surface area (Å²) in [6, 6.07) is 3.60. The molecule has 1 unspecified atom stereocenters. The third kappa shape index (κ3) is 4.22. The highest BCUT2D eigenvalue weighted by Gasteiger charge is 2.17. The van der Waals surface area contributed by atoms with E-state index < -0.39 is 12.6 Å². The molecule has 0 radical (unpaired) electrons. The van der Waals surface area contributed by atoms with Crippen molar-refractivity contribution in [3.8, 4) is 23.7 Å². The van der Waals surface area contributed by atoms with Gasteiger partial charge in [-0.2, -0.15) is 0 Å². The van der Waals surface area contributed by atoms with E-state index in [1.807, 2.05) is 19.9 Å². The van der Waals surface area contributed by atoms with E-state index in [-0.39, 0.29) is 0 Å². The Kier molecular flexibility index (Phi) is 6.76. The van der Waals surface area contributed by atoms with Crippen molar-refractivity contribution in [3.05, 3.63) is 35.8 Å². The van der Waals surface area contributed by atoms with Crippen LogP contribution in [0.15, 0.2) is 33.5 Å². The van der Waals surface area contributed by atoms with Crippen LogP contribution in [0.25, 0.3) is 21.9 Å². The fourth-order valence-electron chi connectivity index (χ4n) is 2.79. The molecule has 1 aromatic carbocycles. The third-order valence-electron chi connectivity index (χ3n) is 3.92. The molecule has 0 saturated carbocycles. The largest absolute Gasteiger partial charge is 0.463 e. The van der Waals surface area contributed by atoms with E-state index in [0.29, 0.717) is 42.1 Å². The summed E-state index contributed by atoms with van der Waals surface area (Å²) in [4.78, 5) is 0. The molecule has 0 aliphatic carbocycles. The minimum absolute atomic E-state index is 0.364. The molecule has 3 rings (SSSR count). The van der Waals surface area contributed by atoms with Crippen LogP contribution < -0.4 is 0 Å². The second-order valence-electron chi connectivity index (χ2n) is 5.67. The Morgan fingerprint density at radius 2 is 1.32 bits per heavy atom. The van der Waals surface area contributed by atoms with Gasteiger partial charge in [0.05, 0.1) is 23.7 Å². The monoisotopic (exact) mass is 382 g/mol. The standard InChI is InChI=1S/C22H22O6/c1-4-24-19(23)9-7-15-17-11-13-28-22(17)16(18-12-14-27-21(15)18)8-10-20(25-5-2)26-6-3/h11-14,19-20,23H,4-6H2,1-3H3. The van der Waals surface area contributed by atoms with Gasteiger partial charge in [0.15, 0.2) is 11.2 Å². The predicted molar refractivity (Wildman–Crippen MR) is 104 cm³/mol. The predicted octanol–water partition coefficient (Wildman–Crippen LogP) is 3.64. The van der Waals surface area contributed by atoms with Crippen LogP contribution in [0, 0.1) is 23.7 Å². The van der Waals surface area contributed by atoms with Crippen molar-refractivity contribution < 1.29 is 28.2 Å². The van der Waals surface area contributed by atoms with E-state index in [1.54, 1.807) is 25.5 Å². The molecule has 1 atom stereocenters. The van der Waals surface area contributed by atoms with Crippen molar-refractivity contribution in [1.29, 1.82) is 0 Å². The molecule has 28 heavy (non-hydrogen) atoms. The summed E-state index contributed by atoms with van der Waals surface area (Å²) in [6.45, 7) is 6.91. The van der Waals surface area contributed by atoms with Crippen molar-refractivity contribution in [2.75, 3.05) is 19.8 Å². The summed E-state index contributed by atoms with van der Waals surface area (Å²) in [6.07, 6.45) is 1.35. The van der Waals surface area contributed by atoms with Gasteiger partial charge < -0.3 is 28.2 Å². The number of furan rings is 2. The number of hydrogen-bond donors (Lipinski definition) is 1. The molecule has 0 aliphatic rings. The van der Waals surface area contributed by atoms with Gasteiger partial charge in [-0.05, 0) is 44.7 Å². The Labute approximate surface area is 163 Å². The van der Waals surface area contributed by atoms with Crippen LogP contribution in [0.3, 0.4) is 0 Å². The van der Waals surface area contributed by atoms with Gasteiger partial charge in [0.25, 0.3) is 0 Å². The highest BCUT2D eigenvalue weighted by atomic mass is 16.7. The Morgan fingerprint density at radius 1 is 0.821 bits per heavy atom. The molecular formula is C22H22O6. The number of ether oxygens (including phenoxy) is 3. The first-order valence-electron chi connectivity index (χ1n) is 9.15. The molecule has 0 bridgehead atoms. The second-order valence-corrected chi connectivity index (χ2v) is 5.67. The Hall–Kier alpha value is -2.74. The van der Waals surface area contributed by atoms with Crippen LogP contribution in [0.2, 0.25) is 0 Å². The number of aliphatic hydroxyl groups is 1. The molecular weight excluding hydrogens is 360 g/mol. The van der Waals surface area contributed by atoms with Crippen molar-refractivity contribution in [3.63, 3.8) is 0 Å². The molecule has 1 N–H and O–H groups in total. The zero-order chi connectivity index (χ0) is 19.9. The van der Waals surface area contributed by atoms with E-state index in [9.17, 15) is 5.11 Å². The Morgan fingerprint density at radius 3 is 1.82 bits per heavy atom. The fourth-order valence-corrected chi connectivity index (χ4v) is 2.79. The molecule has 3 aromatic rings. The van der Waals surface area contributed by atoms with Gasteiger partial charge in [-0.25, -0.2) is 0 Å². The quantitative estimate of drug-likeness (QED) is 0.518. The molecule has 0 saturated heterocycles. The first-order chi connectivity index (χ1) is 13.7. The summed E-state index contributed by atoms with van der Waals surface area (Å²) in [7, 11) is 0. The van der Waals surface area contributed by atoms with Crippen LogP contribution in [-0.4, -0.2) is 37.5 Å². The summed E-state index contributed by atoms with van der Waals surface area (Å²) in [5, 5.41) is 11.3. The number of aliphatic hydroxyl groups excluding tert-OH is 1. The molecule has 146 valence electrons. The molecule has 0 aliphatic heterocycles. The minimum Gasteiger partial charge on any atom is -0.463 e. The third-order valence-corrected chi connectivity index (χ3v) is 3.92. The van der Waals surface area contributed by atoms with Crippen LogP contribution in [-0.2, 0) is 14.2 Å². The van der Waals surface area contributed by atoms with E-state index in [2.05, 4.69) is 23.7 Å². The summed E-state index contributed by atoms with van der Waals surface area (Å²) < 4.78 is 27.4. The van der Waals surface area contributed by atoms with Crippen LogP contribution in [0.1, 0.15) is 31.9 Å². The first kappa shape index (κ1) is 20.0. The number of rotatable bonds is 6. The lowest BCUT2D eigenvalue weighted by molar-refractivity contribution is -0.0969. The van der Waals surface area contributed by atoms with E-state index in [1.165, 1.54) is 0 Å². The summed E-state index contributed by atoms with van der Waals surface area (Å²) in [5.74, 6) is 11.7. The van der Waals surface area contributed by atoms with Gasteiger partial charge in [-0.15, -0.1) is 0 Å². The zero-order valence-corrected chi connectivity index (χ0v) is 16.1. The van der Waals surface area contributed by atoms with Gasteiger partial charge in [0, 0.05) is 30.6 Å². The first-order valence-corrected chi connectivity index (χ1v) is 9.15. The van der Waals surface area contributed by atoms with Crippen LogP contribution >= 0.6 is 0 Å². The molecule has 6 heteroatoms. The van der Waals surface area contributed by atoms with Gasteiger partial charge >= 0.3 is 0 Å². The SMILES string of the molecule is CCOC(O)C#Cc1c2ccoc2c(C#CC(OCC)OCC)c2ccoc12. The minimum atomic E-state index is -1.17. The summed E-state index contributed by atoms with van der Waals surface area (Å²) in [5.41, 5.74) is 2.44. The molecule has 0 fully saturated rings. The summed E-state index contributed by atoms with van der Waals surface area (Å²) >= 11 is 0. The van der Waals surface area contributed by atoms with Crippen molar-refractivity contribution in [2.45, 2.75) is 33.4 Å². The number of fused-ring (bicyclic) bond motifs is 2. The maximum Gasteiger partial charge on any atom is 0.222 e. The highest BCUT2D eigenvalue weighted by molar-refractivity contribution is 6.05. The number of benzene rings is 1. The van der Waals surface area contributed by atoms with Crippen LogP contribution in [0.4, 0.5) is 0 Å². The Bertz CT molecular complexity index is 995. The molecule has 6 nitrogen and oxygen atoms in total. The lowest BCUT2D eigenvalue weighted by Gasteiger charge is -2.09. The van der Waals surface area contributed by atoms with Gasteiger partial charge in [0.1, 0.15) is 0 Å². The molecule has 0 spiro atoms. The second kappa shape index (κ2) is 9.45. The maximum absolute atomic E-state index is 9.76. The van der Waals surface area contributed by atoms with E-state index in [4.69, 9.17) is 23.0 Å². The highest BCUT2D eigenvalue weighted by Crippen LogP contribution is 2.33. The van der Waals surface area contributed by atoms with Crippen LogP contribution in [0.5, 0.6) is 0 Å². The molecule has 0 amide bonds. The lowest BCUT2D eigenvalue weighted by Crippen LogP contribution is -2.14.